The van der Waals surface area contributed by atoms with Gasteiger partial charge in [0.05, 0.1) is 20.9 Å². The number of hydrogen-bond acceptors (Lipinski definition) is 5. The zero-order valence-electron chi connectivity index (χ0n) is 13.9. The summed E-state index contributed by atoms with van der Waals surface area (Å²) in [5.41, 5.74) is 2.45. The Morgan fingerprint density at radius 2 is 1.84 bits per heavy atom. The van der Waals surface area contributed by atoms with Crippen LogP contribution < -0.4 is 5.32 Å². The van der Waals surface area contributed by atoms with Crippen molar-refractivity contribution in [3.05, 3.63) is 53.6 Å². The number of hydrogen-bond donors (Lipinski definition) is 1. The molecule has 0 aliphatic heterocycles. The molecule has 2 aromatic carbocycles. The number of carbonyl (C=O) groups is 1. The molecule has 0 aliphatic carbocycles. The quantitative estimate of drug-likeness (QED) is 0.735. The van der Waals surface area contributed by atoms with Gasteiger partial charge in [0.2, 0.25) is 0 Å². The van der Waals surface area contributed by atoms with Crippen LogP contribution in [0.2, 0.25) is 0 Å². The fourth-order valence-corrected chi connectivity index (χ4v) is 4.29. The van der Waals surface area contributed by atoms with Crippen LogP contribution in [0.4, 0.5) is 5.13 Å². The van der Waals surface area contributed by atoms with Crippen molar-refractivity contribution in [1.82, 2.24) is 4.98 Å². The van der Waals surface area contributed by atoms with Gasteiger partial charge in [-0.05, 0) is 42.3 Å². The van der Waals surface area contributed by atoms with Gasteiger partial charge < -0.3 is 0 Å². The standard InChI is InChI=1S/C18H18N2O3S2/c1-3-12-6-5-7-15-16(12)19-18(24-15)20-17(21)13-8-10-14(11-9-13)25(22,23)4-2/h5-11H,3-4H2,1-2H3,(H,19,20,21). The summed E-state index contributed by atoms with van der Waals surface area (Å²) >= 11 is 1.42. The van der Waals surface area contributed by atoms with Crippen molar-refractivity contribution in [2.75, 3.05) is 11.1 Å². The lowest BCUT2D eigenvalue weighted by atomic mass is 10.1. The van der Waals surface area contributed by atoms with Gasteiger partial charge in [-0.2, -0.15) is 0 Å². The number of nitrogens with zero attached hydrogens (tertiary/aromatic N) is 1. The molecular weight excluding hydrogens is 356 g/mol. The fraction of sp³-hybridized carbons (Fsp3) is 0.222. The van der Waals surface area contributed by atoms with Gasteiger partial charge in [0.25, 0.3) is 5.91 Å². The van der Waals surface area contributed by atoms with E-state index in [1.54, 1.807) is 6.92 Å². The number of thiazole rings is 1. The molecule has 0 radical (unpaired) electrons. The molecule has 1 N–H and O–H groups in total. The number of fused-ring (bicyclic) bond motifs is 1. The number of amides is 1. The number of carbonyl (C=O) groups excluding carboxylic acids is 1. The predicted molar refractivity (Wildman–Crippen MR) is 101 cm³/mol. The van der Waals surface area contributed by atoms with E-state index in [0.29, 0.717) is 10.7 Å². The van der Waals surface area contributed by atoms with E-state index in [4.69, 9.17) is 0 Å². The van der Waals surface area contributed by atoms with Gasteiger partial charge in [0.15, 0.2) is 15.0 Å². The molecule has 0 saturated carbocycles. The minimum atomic E-state index is -3.27. The molecule has 0 fully saturated rings. The molecule has 3 aromatic rings. The van der Waals surface area contributed by atoms with Crippen molar-refractivity contribution in [1.29, 1.82) is 0 Å². The molecule has 5 nitrogen and oxygen atoms in total. The Hall–Kier alpha value is -2.25. The van der Waals surface area contributed by atoms with E-state index in [2.05, 4.69) is 17.2 Å². The summed E-state index contributed by atoms with van der Waals surface area (Å²) in [6.45, 7) is 3.66. The van der Waals surface area contributed by atoms with E-state index in [1.807, 2.05) is 18.2 Å². The summed E-state index contributed by atoms with van der Waals surface area (Å²) in [4.78, 5) is 17.1. The van der Waals surface area contributed by atoms with Crippen LogP contribution in [-0.2, 0) is 16.3 Å². The van der Waals surface area contributed by atoms with Crippen molar-refractivity contribution in [3.63, 3.8) is 0 Å². The maximum atomic E-state index is 12.4. The first-order valence-corrected chi connectivity index (χ1v) is 10.4. The molecular formula is C18H18N2O3S2. The van der Waals surface area contributed by atoms with Crippen LogP contribution in [0.3, 0.4) is 0 Å². The van der Waals surface area contributed by atoms with Gasteiger partial charge in [-0.15, -0.1) is 0 Å². The molecule has 3 rings (SSSR count). The molecule has 1 aromatic heterocycles. The summed E-state index contributed by atoms with van der Waals surface area (Å²) in [5, 5.41) is 3.32. The third kappa shape index (κ3) is 3.57. The van der Waals surface area contributed by atoms with E-state index in [1.165, 1.54) is 35.6 Å². The molecule has 0 unspecified atom stereocenters. The molecule has 0 saturated heterocycles. The lowest BCUT2D eigenvalue weighted by Gasteiger charge is -2.04. The van der Waals surface area contributed by atoms with Gasteiger partial charge >= 0.3 is 0 Å². The monoisotopic (exact) mass is 374 g/mol. The summed E-state index contributed by atoms with van der Waals surface area (Å²) in [6.07, 6.45) is 0.877. The Balaban J connectivity index is 1.83. The number of aromatic nitrogens is 1. The minimum Gasteiger partial charge on any atom is -0.298 e. The molecule has 0 aliphatic rings. The topological polar surface area (TPSA) is 76.1 Å². The summed E-state index contributed by atoms with van der Waals surface area (Å²) in [7, 11) is -3.27. The number of aryl methyl sites for hydroxylation is 1. The van der Waals surface area contributed by atoms with Crippen LogP contribution in [0.25, 0.3) is 10.2 Å². The largest absolute Gasteiger partial charge is 0.298 e. The maximum absolute atomic E-state index is 12.4. The van der Waals surface area contributed by atoms with Crippen LogP contribution >= 0.6 is 11.3 Å². The molecule has 1 heterocycles. The van der Waals surface area contributed by atoms with E-state index >= 15 is 0 Å². The number of para-hydroxylation sites is 1. The Morgan fingerprint density at radius 1 is 1.12 bits per heavy atom. The highest BCUT2D eigenvalue weighted by Gasteiger charge is 2.14. The fourth-order valence-electron chi connectivity index (χ4n) is 2.49. The molecule has 25 heavy (non-hydrogen) atoms. The highest BCUT2D eigenvalue weighted by Crippen LogP contribution is 2.28. The second-order valence-electron chi connectivity index (χ2n) is 5.52. The Bertz CT molecular complexity index is 1020. The van der Waals surface area contributed by atoms with Gasteiger partial charge in [-0.3, -0.25) is 10.1 Å². The number of benzene rings is 2. The van der Waals surface area contributed by atoms with Crippen molar-refractivity contribution >= 4 is 42.4 Å². The SMILES string of the molecule is CCc1cccc2sc(NC(=O)c3ccc(S(=O)(=O)CC)cc3)nc12. The zero-order chi connectivity index (χ0) is 18.0. The predicted octanol–water partition coefficient (Wildman–Crippen LogP) is 3.90. The Kier molecular flexibility index (Phi) is 4.87. The van der Waals surface area contributed by atoms with E-state index in [9.17, 15) is 13.2 Å². The first kappa shape index (κ1) is 17.6. The van der Waals surface area contributed by atoms with Crippen LogP contribution in [0.1, 0.15) is 29.8 Å². The highest BCUT2D eigenvalue weighted by atomic mass is 32.2. The average molecular weight is 374 g/mol. The molecule has 0 spiro atoms. The first-order chi connectivity index (χ1) is 11.9. The molecule has 0 atom stereocenters. The third-order valence-electron chi connectivity index (χ3n) is 3.96. The highest BCUT2D eigenvalue weighted by molar-refractivity contribution is 7.91. The number of sulfone groups is 1. The van der Waals surface area contributed by atoms with E-state index in [0.717, 1.165) is 22.2 Å². The lowest BCUT2D eigenvalue weighted by Crippen LogP contribution is -2.12. The molecule has 130 valence electrons. The van der Waals surface area contributed by atoms with Gasteiger partial charge in [0, 0.05) is 5.56 Å². The number of anilines is 1. The van der Waals surface area contributed by atoms with Crippen molar-refractivity contribution in [2.45, 2.75) is 25.2 Å². The van der Waals surface area contributed by atoms with Crippen LogP contribution in [0.15, 0.2) is 47.4 Å². The minimum absolute atomic E-state index is 0.0318. The van der Waals surface area contributed by atoms with Gasteiger partial charge in [-0.25, -0.2) is 13.4 Å². The molecule has 7 heteroatoms. The van der Waals surface area contributed by atoms with Crippen molar-refractivity contribution in [2.24, 2.45) is 0 Å². The number of rotatable bonds is 5. The first-order valence-electron chi connectivity index (χ1n) is 7.97. The van der Waals surface area contributed by atoms with Crippen molar-refractivity contribution < 1.29 is 13.2 Å². The van der Waals surface area contributed by atoms with E-state index in [-0.39, 0.29) is 16.6 Å². The smallest absolute Gasteiger partial charge is 0.257 e. The van der Waals surface area contributed by atoms with Crippen LogP contribution in [-0.4, -0.2) is 25.1 Å². The van der Waals surface area contributed by atoms with Crippen LogP contribution in [0.5, 0.6) is 0 Å². The Morgan fingerprint density at radius 3 is 2.48 bits per heavy atom. The molecule has 1 amide bonds. The second-order valence-corrected chi connectivity index (χ2v) is 8.83. The number of nitrogens with one attached hydrogen (secondary N) is 1. The summed E-state index contributed by atoms with van der Waals surface area (Å²) in [6, 6.07) is 11.9. The van der Waals surface area contributed by atoms with Crippen LogP contribution in [0, 0.1) is 0 Å². The van der Waals surface area contributed by atoms with E-state index < -0.39 is 9.84 Å². The second kappa shape index (κ2) is 6.93. The third-order valence-corrected chi connectivity index (χ3v) is 6.65. The zero-order valence-corrected chi connectivity index (χ0v) is 15.6. The molecule has 0 bridgehead atoms. The average Bonchev–Trinajstić information content (AvgIpc) is 3.04. The summed E-state index contributed by atoms with van der Waals surface area (Å²) in [5.74, 6) is -0.276. The summed E-state index contributed by atoms with van der Waals surface area (Å²) < 4.78 is 24.7. The van der Waals surface area contributed by atoms with Gasteiger partial charge in [0.1, 0.15) is 0 Å². The lowest BCUT2D eigenvalue weighted by molar-refractivity contribution is 0.102. The Labute approximate surface area is 150 Å². The normalized spacial score (nSPS) is 11.6. The van der Waals surface area contributed by atoms with Crippen molar-refractivity contribution in [3.8, 4) is 0 Å². The van der Waals surface area contributed by atoms with Gasteiger partial charge in [-0.1, -0.05) is 37.3 Å². The maximum Gasteiger partial charge on any atom is 0.257 e.